The third-order valence-corrected chi connectivity index (χ3v) is 2.25. The minimum Gasteiger partial charge on any atom is -0.480 e. The molecule has 0 aliphatic heterocycles. The van der Waals surface area contributed by atoms with Crippen LogP contribution in [0.2, 0.25) is 0 Å². The summed E-state index contributed by atoms with van der Waals surface area (Å²) in [6.07, 6.45) is -0.176. The number of furan rings is 1. The zero-order valence-electron chi connectivity index (χ0n) is 9.80. The maximum atomic E-state index is 11.6. The smallest absolute Gasteiger partial charge is 0.326 e. The van der Waals surface area contributed by atoms with Gasteiger partial charge in [0.1, 0.15) is 11.8 Å². The van der Waals surface area contributed by atoms with Crippen LogP contribution in [0.1, 0.15) is 29.2 Å². The van der Waals surface area contributed by atoms with E-state index in [0.717, 1.165) is 0 Å². The fraction of sp³-hybridized carbons (Fsp3) is 0.364. The van der Waals surface area contributed by atoms with Crippen molar-refractivity contribution in [3.05, 3.63) is 23.7 Å². The molecule has 1 atom stereocenters. The van der Waals surface area contributed by atoms with Crippen LogP contribution in [0.3, 0.4) is 0 Å². The molecule has 7 heteroatoms. The number of nitrogens with one attached hydrogen (secondary N) is 1. The van der Waals surface area contributed by atoms with Crippen LogP contribution in [0.5, 0.6) is 0 Å². The lowest BCUT2D eigenvalue weighted by Gasteiger charge is -2.12. The third kappa shape index (κ3) is 3.93. The first-order valence-corrected chi connectivity index (χ1v) is 5.28. The quantitative estimate of drug-likeness (QED) is 0.661. The number of nitrogens with two attached hydrogens (primary N) is 1. The molecule has 18 heavy (non-hydrogen) atoms. The molecule has 0 radical (unpaired) electrons. The first-order chi connectivity index (χ1) is 8.40. The third-order valence-electron chi connectivity index (χ3n) is 2.25. The van der Waals surface area contributed by atoms with Gasteiger partial charge in [0.2, 0.25) is 5.91 Å². The van der Waals surface area contributed by atoms with Gasteiger partial charge < -0.3 is 20.6 Å². The maximum absolute atomic E-state index is 11.6. The van der Waals surface area contributed by atoms with Crippen molar-refractivity contribution in [3.63, 3.8) is 0 Å². The van der Waals surface area contributed by atoms with Crippen LogP contribution >= 0.6 is 0 Å². The lowest BCUT2D eigenvalue weighted by atomic mass is 10.1. The van der Waals surface area contributed by atoms with Crippen LogP contribution in [0.15, 0.2) is 16.5 Å². The van der Waals surface area contributed by atoms with Gasteiger partial charge in [0.05, 0.1) is 0 Å². The van der Waals surface area contributed by atoms with E-state index in [2.05, 4.69) is 5.32 Å². The van der Waals surface area contributed by atoms with Crippen LogP contribution in [-0.2, 0) is 9.59 Å². The summed E-state index contributed by atoms with van der Waals surface area (Å²) in [4.78, 5) is 33.1. The molecule has 0 aromatic carbocycles. The SMILES string of the molecule is Cc1ccc(C(=O)NC(CCC(N)=O)C(=O)O)o1. The number of hydrogen-bond acceptors (Lipinski definition) is 4. The van der Waals surface area contributed by atoms with Gasteiger partial charge in [-0.05, 0) is 25.5 Å². The zero-order chi connectivity index (χ0) is 13.7. The highest BCUT2D eigenvalue weighted by Crippen LogP contribution is 2.07. The number of rotatable bonds is 6. The van der Waals surface area contributed by atoms with Crippen LogP contribution in [0.4, 0.5) is 0 Å². The molecular weight excluding hydrogens is 240 g/mol. The van der Waals surface area contributed by atoms with Gasteiger partial charge in [-0.1, -0.05) is 0 Å². The average molecular weight is 254 g/mol. The average Bonchev–Trinajstić information content (AvgIpc) is 2.70. The van der Waals surface area contributed by atoms with Gasteiger partial charge in [0, 0.05) is 6.42 Å². The van der Waals surface area contributed by atoms with Crippen molar-refractivity contribution in [1.82, 2.24) is 5.32 Å². The number of primary amides is 1. The van der Waals surface area contributed by atoms with Crippen LogP contribution < -0.4 is 11.1 Å². The number of carbonyl (C=O) groups excluding carboxylic acids is 2. The fourth-order valence-corrected chi connectivity index (χ4v) is 1.33. The summed E-state index contributed by atoms with van der Waals surface area (Å²) in [6.45, 7) is 1.67. The standard InChI is InChI=1S/C11H14N2O5/c1-6-2-4-8(18-6)10(15)13-7(11(16)17)3-5-9(12)14/h2,4,7H,3,5H2,1H3,(H2,12,14)(H,13,15)(H,16,17). The Morgan fingerprint density at radius 3 is 2.56 bits per heavy atom. The van der Waals surface area contributed by atoms with E-state index < -0.39 is 23.8 Å². The Kier molecular flexibility index (Phi) is 4.47. The van der Waals surface area contributed by atoms with Crippen LogP contribution in [-0.4, -0.2) is 28.9 Å². The summed E-state index contributed by atoms with van der Waals surface area (Å²) in [5.74, 6) is -1.92. The van der Waals surface area contributed by atoms with Crippen molar-refractivity contribution in [2.75, 3.05) is 0 Å². The largest absolute Gasteiger partial charge is 0.480 e. The minimum absolute atomic E-state index is 0.0258. The zero-order valence-corrected chi connectivity index (χ0v) is 9.80. The van der Waals surface area contributed by atoms with Gasteiger partial charge in [-0.15, -0.1) is 0 Å². The highest BCUT2D eigenvalue weighted by Gasteiger charge is 2.22. The Morgan fingerprint density at radius 1 is 1.44 bits per heavy atom. The number of hydrogen-bond donors (Lipinski definition) is 3. The predicted octanol–water partition coefficient (Wildman–Crippen LogP) is 0.0365. The molecule has 0 aliphatic carbocycles. The molecule has 1 rings (SSSR count). The molecule has 1 aromatic rings. The first kappa shape index (κ1) is 13.8. The lowest BCUT2D eigenvalue weighted by molar-refractivity contribution is -0.139. The number of carboxylic acid groups (broad SMARTS) is 1. The van der Waals surface area contributed by atoms with E-state index in [4.69, 9.17) is 15.3 Å². The molecule has 0 spiro atoms. The molecule has 98 valence electrons. The summed E-state index contributed by atoms with van der Waals surface area (Å²) in [5, 5.41) is 11.2. The van der Waals surface area contributed by atoms with Gasteiger partial charge in [-0.3, -0.25) is 9.59 Å². The second-order valence-corrected chi connectivity index (χ2v) is 3.78. The number of carbonyl (C=O) groups is 3. The van der Waals surface area contributed by atoms with Gasteiger partial charge >= 0.3 is 5.97 Å². The Balaban J connectivity index is 2.63. The van der Waals surface area contributed by atoms with Gasteiger partial charge in [-0.2, -0.15) is 0 Å². The molecule has 2 amide bonds. The van der Waals surface area contributed by atoms with Crippen LogP contribution in [0, 0.1) is 6.92 Å². The molecule has 0 fully saturated rings. The van der Waals surface area contributed by atoms with E-state index in [0.29, 0.717) is 5.76 Å². The number of aryl methyl sites for hydroxylation is 1. The predicted molar refractivity (Wildman–Crippen MR) is 60.8 cm³/mol. The normalized spacial score (nSPS) is 11.8. The number of carboxylic acids is 1. The van der Waals surface area contributed by atoms with Crippen molar-refractivity contribution in [2.24, 2.45) is 5.73 Å². The van der Waals surface area contributed by atoms with Crippen molar-refractivity contribution >= 4 is 17.8 Å². The first-order valence-electron chi connectivity index (χ1n) is 5.28. The summed E-state index contributed by atoms with van der Waals surface area (Å²) >= 11 is 0. The topological polar surface area (TPSA) is 123 Å². The van der Waals surface area contributed by atoms with Crippen molar-refractivity contribution in [3.8, 4) is 0 Å². The second kappa shape index (κ2) is 5.85. The summed E-state index contributed by atoms with van der Waals surface area (Å²) < 4.78 is 5.05. The van der Waals surface area contributed by atoms with E-state index in [1.54, 1.807) is 13.0 Å². The van der Waals surface area contributed by atoms with Gasteiger partial charge in [-0.25, -0.2) is 4.79 Å². The molecule has 1 unspecified atom stereocenters. The number of amides is 2. The summed E-state index contributed by atoms with van der Waals surface area (Å²) in [6, 6.07) is 1.86. The lowest BCUT2D eigenvalue weighted by Crippen LogP contribution is -2.41. The number of aliphatic carboxylic acids is 1. The van der Waals surface area contributed by atoms with E-state index >= 15 is 0 Å². The molecular formula is C11H14N2O5. The Hall–Kier alpha value is -2.31. The van der Waals surface area contributed by atoms with E-state index in [1.165, 1.54) is 6.07 Å². The molecule has 7 nitrogen and oxygen atoms in total. The van der Waals surface area contributed by atoms with Crippen molar-refractivity contribution in [2.45, 2.75) is 25.8 Å². The minimum atomic E-state index is -1.23. The second-order valence-electron chi connectivity index (χ2n) is 3.78. The Morgan fingerprint density at radius 2 is 2.11 bits per heavy atom. The highest BCUT2D eigenvalue weighted by atomic mass is 16.4. The summed E-state index contributed by atoms with van der Waals surface area (Å²) in [7, 11) is 0. The molecule has 1 heterocycles. The molecule has 0 aliphatic rings. The van der Waals surface area contributed by atoms with E-state index in [9.17, 15) is 14.4 Å². The molecule has 4 N–H and O–H groups in total. The summed E-state index contributed by atoms with van der Waals surface area (Å²) in [5.41, 5.74) is 4.92. The van der Waals surface area contributed by atoms with Crippen molar-refractivity contribution in [1.29, 1.82) is 0 Å². The maximum Gasteiger partial charge on any atom is 0.326 e. The Labute approximate surface area is 103 Å². The van der Waals surface area contributed by atoms with Crippen molar-refractivity contribution < 1.29 is 23.9 Å². The van der Waals surface area contributed by atoms with E-state index in [-0.39, 0.29) is 18.6 Å². The molecule has 1 aromatic heterocycles. The monoisotopic (exact) mass is 254 g/mol. The fourth-order valence-electron chi connectivity index (χ4n) is 1.33. The van der Waals surface area contributed by atoms with Gasteiger partial charge in [0.25, 0.3) is 5.91 Å². The molecule has 0 saturated heterocycles. The molecule has 0 bridgehead atoms. The van der Waals surface area contributed by atoms with Crippen LogP contribution in [0.25, 0.3) is 0 Å². The van der Waals surface area contributed by atoms with E-state index in [1.807, 2.05) is 0 Å². The Bertz CT molecular complexity index is 466. The highest BCUT2D eigenvalue weighted by molar-refractivity contribution is 5.94. The molecule has 0 saturated carbocycles. The van der Waals surface area contributed by atoms with Gasteiger partial charge in [0.15, 0.2) is 5.76 Å².